The van der Waals surface area contributed by atoms with Crippen LogP contribution in [0.15, 0.2) is 54.4 Å². The number of likely N-dealkylation sites (tertiary alicyclic amines) is 1. The van der Waals surface area contributed by atoms with Crippen molar-refractivity contribution in [3.63, 3.8) is 0 Å². The van der Waals surface area contributed by atoms with Crippen LogP contribution >= 0.6 is 0 Å². The molecule has 3 rings (SSSR count). The molecule has 1 unspecified atom stereocenters. The molecule has 1 saturated heterocycles. The Bertz CT molecular complexity index is 989. The molecule has 8 nitrogen and oxygen atoms in total. The van der Waals surface area contributed by atoms with Gasteiger partial charge in [0.05, 0.1) is 12.1 Å². The number of allylic oxidation sites excluding steroid dienone is 2. The van der Waals surface area contributed by atoms with Crippen molar-refractivity contribution < 1.29 is 14.4 Å². The first-order valence-corrected chi connectivity index (χ1v) is 11.7. The van der Waals surface area contributed by atoms with Crippen LogP contribution in [0.3, 0.4) is 0 Å². The zero-order valence-electron chi connectivity index (χ0n) is 20.7. The summed E-state index contributed by atoms with van der Waals surface area (Å²) < 4.78 is 1.99. The van der Waals surface area contributed by atoms with E-state index < -0.39 is 0 Å². The van der Waals surface area contributed by atoms with Gasteiger partial charge in [-0.3, -0.25) is 14.4 Å². The quantitative estimate of drug-likeness (QED) is 0.257. The third kappa shape index (κ3) is 9.88. The number of rotatable bonds is 9. The molecule has 1 aliphatic rings. The molecular formula is C26H37N5O3. The highest BCUT2D eigenvalue weighted by atomic mass is 16.2. The van der Waals surface area contributed by atoms with Gasteiger partial charge in [0.2, 0.25) is 18.7 Å². The highest BCUT2D eigenvalue weighted by Gasteiger charge is 2.26. The number of amides is 3. The van der Waals surface area contributed by atoms with Crippen molar-refractivity contribution >= 4 is 24.4 Å². The summed E-state index contributed by atoms with van der Waals surface area (Å²) in [4.78, 5) is 38.7. The second-order valence-electron chi connectivity index (χ2n) is 7.31. The van der Waals surface area contributed by atoms with E-state index in [1.807, 2.05) is 67.8 Å². The number of nitrogens with one attached hydrogen (secondary N) is 2. The fraction of sp³-hybridized carbons (Fsp3) is 0.423. The van der Waals surface area contributed by atoms with Gasteiger partial charge < -0.3 is 19.9 Å². The van der Waals surface area contributed by atoms with E-state index in [-0.39, 0.29) is 11.9 Å². The lowest BCUT2D eigenvalue weighted by molar-refractivity contribution is -0.129. The first-order valence-electron chi connectivity index (χ1n) is 11.7. The smallest absolute Gasteiger partial charge is 0.228 e. The zero-order valence-corrected chi connectivity index (χ0v) is 20.7. The predicted molar refractivity (Wildman–Crippen MR) is 135 cm³/mol. The van der Waals surface area contributed by atoms with Gasteiger partial charge in [-0.25, -0.2) is 4.98 Å². The molecule has 1 aliphatic heterocycles. The fourth-order valence-electron chi connectivity index (χ4n) is 3.26. The number of aryl methyl sites for hydroxylation is 1. The third-order valence-electron chi connectivity index (χ3n) is 4.91. The van der Waals surface area contributed by atoms with Gasteiger partial charge in [0, 0.05) is 37.6 Å². The largest absolute Gasteiger partial charge is 0.355 e. The number of hydrogen-bond donors (Lipinski definition) is 2. The van der Waals surface area contributed by atoms with E-state index in [1.54, 1.807) is 11.0 Å². The average molecular weight is 468 g/mol. The van der Waals surface area contributed by atoms with E-state index in [4.69, 9.17) is 0 Å². The van der Waals surface area contributed by atoms with Gasteiger partial charge in [-0.2, -0.15) is 0 Å². The highest BCUT2D eigenvalue weighted by molar-refractivity contribution is 5.79. The number of imidazole rings is 1. The number of carbonyl (C=O) groups is 3. The summed E-state index contributed by atoms with van der Waals surface area (Å²) >= 11 is 0. The topological polar surface area (TPSA) is 95.8 Å². The first-order chi connectivity index (χ1) is 16.6. The van der Waals surface area contributed by atoms with Crippen molar-refractivity contribution in [1.29, 1.82) is 0 Å². The monoisotopic (exact) mass is 467 g/mol. The van der Waals surface area contributed by atoms with Crippen molar-refractivity contribution in [2.75, 3.05) is 19.6 Å². The Balaban J connectivity index is 0.000000380. The average Bonchev–Trinajstić information content (AvgIpc) is 3.48. The Morgan fingerprint density at radius 1 is 1.26 bits per heavy atom. The van der Waals surface area contributed by atoms with Crippen molar-refractivity contribution in [2.24, 2.45) is 0 Å². The number of nitrogens with zero attached hydrogens (tertiary/aromatic N) is 3. The Kier molecular flexibility index (Phi) is 14.1. The summed E-state index contributed by atoms with van der Waals surface area (Å²) in [6, 6.07) is 5.98. The van der Waals surface area contributed by atoms with E-state index in [0.29, 0.717) is 38.9 Å². The van der Waals surface area contributed by atoms with Gasteiger partial charge in [-0.15, -0.1) is 5.73 Å². The maximum absolute atomic E-state index is 12.3. The van der Waals surface area contributed by atoms with Crippen LogP contribution in [0.5, 0.6) is 0 Å². The molecule has 34 heavy (non-hydrogen) atoms. The van der Waals surface area contributed by atoms with Gasteiger partial charge in [0.25, 0.3) is 0 Å². The van der Waals surface area contributed by atoms with E-state index in [1.165, 1.54) is 0 Å². The number of pyridine rings is 1. The van der Waals surface area contributed by atoms with Crippen molar-refractivity contribution in [1.82, 2.24) is 24.9 Å². The molecule has 0 aromatic carbocycles. The molecule has 8 heteroatoms. The van der Waals surface area contributed by atoms with Crippen LogP contribution in [-0.2, 0) is 20.8 Å². The maximum Gasteiger partial charge on any atom is 0.228 e. The van der Waals surface area contributed by atoms with Gasteiger partial charge in [0.15, 0.2) is 0 Å². The third-order valence-corrected chi connectivity index (χ3v) is 4.91. The molecule has 0 saturated carbocycles. The molecule has 0 aliphatic carbocycles. The van der Waals surface area contributed by atoms with Gasteiger partial charge >= 0.3 is 0 Å². The predicted octanol–water partition coefficient (Wildman–Crippen LogP) is 2.97. The minimum absolute atomic E-state index is 0.0614. The molecule has 3 amide bonds. The minimum atomic E-state index is 0.0614. The van der Waals surface area contributed by atoms with Crippen molar-refractivity contribution in [3.05, 3.63) is 65.8 Å². The molecule has 2 aromatic heterocycles. The van der Waals surface area contributed by atoms with Crippen molar-refractivity contribution in [2.45, 2.75) is 53.0 Å². The van der Waals surface area contributed by atoms with Crippen molar-refractivity contribution in [3.8, 4) is 0 Å². The summed E-state index contributed by atoms with van der Waals surface area (Å²) in [6.07, 6.45) is 13.0. The van der Waals surface area contributed by atoms with Crippen LogP contribution in [0.1, 0.15) is 45.0 Å². The SMILES string of the molecule is CC.CC/C=C\C=C=CCNC=O.Cc1cccc2nc(CC(=O)N3CCC(NC=O)C3)cn12. The summed E-state index contributed by atoms with van der Waals surface area (Å²) in [7, 11) is 0. The van der Waals surface area contributed by atoms with Gasteiger partial charge in [0.1, 0.15) is 5.65 Å². The summed E-state index contributed by atoms with van der Waals surface area (Å²) in [5.74, 6) is 0.0614. The van der Waals surface area contributed by atoms with Gasteiger partial charge in [-0.05, 0) is 44.1 Å². The van der Waals surface area contributed by atoms with E-state index in [9.17, 15) is 14.4 Å². The normalized spacial score (nSPS) is 14.2. The number of fused-ring (bicyclic) bond motifs is 1. The molecule has 0 spiro atoms. The Labute approximate surface area is 202 Å². The summed E-state index contributed by atoms with van der Waals surface area (Å²) in [6.45, 7) is 9.90. The molecular weight excluding hydrogens is 430 g/mol. The lowest BCUT2D eigenvalue weighted by Gasteiger charge is -2.15. The second-order valence-corrected chi connectivity index (χ2v) is 7.31. The molecule has 3 heterocycles. The first kappa shape index (κ1) is 28.4. The molecule has 2 aromatic rings. The van der Waals surface area contributed by atoms with Crippen LogP contribution in [0, 0.1) is 6.92 Å². The number of aromatic nitrogens is 2. The van der Waals surface area contributed by atoms with Gasteiger partial charge in [-0.1, -0.05) is 39.0 Å². The summed E-state index contributed by atoms with van der Waals surface area (Å²) in [5.41, 5.74) is 5.63. The fourth-order valence-corrected chi connectivity index (χ4v) is 3.26. The van der Waals surface area contributed by atoms with Crippen LogP contribution in [0.25, 0.3) is 5.65 Å². The Morgan fingerprint density at radius 2 is 2.06 bits per heavy atom. The van der Waals surface area contributed by atoms with Crippen LogP contribution < -0.4 is 10.6 Å². The molecule has 0 bridgehead atoms. The lowest BCUT2D eigenvalue weighted by Crippen LogP contribution is -2.35. The lowest BCUT2D eigenvalue weighted by atomic mass is 10.3. The number of hydrogen-bond acceptors (Lipinski definition) is 4. The molecule has 1 atom stereocenters. The van der Waals surface area contributed by atoms with Crippen LogP contribution in [-0.4, -0.2) is 58.7 Å². The van der Waals surface area contributed by atoms with E-state index in [2.05, 4.69) is 28.3 Å². The van der Waals surface area contributed by atoms with E-state index >= 15 is 0 Å². The maximum atomic E-state index is 12.3. The highest BCUT2D eigenvalue weighted by Crippen LogP contribution is 2.13. The number of carbonyl (C=O) groups excluding carboxylic acids is 3. The zero-order chi connectivity index (χ0) is 25.2. The summed E-state index contributed by atoms with van der Waals surface area (Å²) in [5, 5.41) is 5.22. The Morgan fingerprint density at radius 3 is 2.74 bits per heavy atom. The molecule has 0 radical (unpaired) electrons. The standard InChI is InChI=1S/C15H18N4O2.C9H13NO.C2H6/c1-11-3-2-4-14-17-13(9-19(11)14)7-15(21)18-6-5-12(8-18)16-10-20;1-2-3-4-5-6-7-8-10-9-11;1-2/h2-4,9-10,12H,5-8H2,1H3,(H,16,20);3-5,7,9H,2,8H2,1H3,(H,10,11);1-2H3/b;4-3-;. The second kappa shape index (κ2) is 16.9. The molecule has 2 N–H and O–H groups in total. The van der Waals surface area contributed by atoms with Crippen LogP contribution in [0.2, 0.25) is 0 Å². The molecule has 184 valence electrons. The van der Waals surface area contributed by atoms with E-state index in [0.717, 1.165) is 29.9 Å². The molecule has 1 fully saturated rings. The Hall–Kier alpha value is -3.64. The van der Waals surface area contributed by atoms with Crippen LogP contribution in [0.4, 0.5) is 0 Å². The minimum Gasteiger partial charge on any atom is -0.355 e.